The molecule has 35 heavy (non-hydrogen) atoms. The van der Waals surface area contributed by atoms with E-state index in [1.807, 2.05) is 45.4 Å². The minimum absolute atomic E-state index is 0.147. The Morgan fingerprint density at radius 2 is 1.91 bits per heavy atom. The maximum Gasteiger partial charge on any atom is 0.234 e. The molecule has 0 bridgehead atoms. The number of benzene rings is 1. The Labute approximate surface area is 214 Å². The maximum atomic E-state index is 6.41. The third-order valence-electron chi connectivity index (χ3n) is 6.01. The topological polar surface area (TPSA) is 109 Å². The van der Waals surface area contributed by atoms with Crippen LogP contribution in [0.2, 0.25) is 0 Å². The summed E-state index contributed by atoms with van der Waals surface area (Å²) in [6.07, 6.45) is 1.50. The van der Waals surface area contributed by atoms with E-state index in [4.69, 9.17) is 15.5 Å². The molecule has 1 aromatic carbocycles. The van der Waals surface area contributed by atoms with Crippen molar-refractivity contribution >= 4 is 50.6 Å². The summed E-state index contributed by atoms with van der Waals surface area (Å²) < 4.78 is 6.46. The highest BCUT2D eigenvalue weighted by Gasteiger charge is 2.38. The number of hydrogen-bond acceptors (Lipinski definition) is 10. The molecule has 0 radical (unpaired) electrons. The summed E-state index contributed by atoms with van der Waals surface area (Å²) in [5.74, 6) is 1.60. The van der Waals surface area contributed by atoms with E-state index >= 15 is 0 Å². The fourth-order valence-electron chi connectivity index (χ4n) is 4.13. The molecule has 11 heteroatoms. The number of aromatic nitrogens is 4. The molecular weight excluding hydrogens is 510 g/mol. The summed E-state index contributed by atoms with van der Waals surface area (Å²) in [5, 5.41) is 3.25. The molecule has 3 aromatic rings. The van der Waals surface area contributed by atoms with Crippen LogP contribution in [0.3, 0.4) is 0 Å². The van der Waals surface area contributed by atoms with E-state index in [1.54, 1.807) is 7.11 Å². The van der Waals surface area contributed by atoms with Gasteiger partial charge in [0.1, 0.15) is 16.7 Å². The Bertz CT molecular complexity index is 1220. The lowest BCUT2D eigenvalue weighted by molar-refractivity contribution is 0.413. The molecule has 0 atom stereocenters. The molecule has 0 spiro atoms. The molecule has 10 nitrogen and oxygen atoms in total. The first-order valence-electron chi connectivity index (χ1n) is 11.3. The minimum atomic E-state index is -0.147. The molecule has 1 aliphatic heterocycles. The average Bonchev–Trinajstić information content (AvgIpc) is 3.08. The first-order valence-corrected chi connectivity index (χ1v) is 12.1. The van der Waals surface area contributed by atoms with Crippen molar-refractivity contribution < 1.29 is 4.74 Å². The van der Waals surface area contributed by atoms with E-state index in [0.717, 1.165) is 34.8 Å². The van der Waals surface area contributed by atoms with Crippen LogP contribution in [-0.2, 0) is 5.41 Å². The first-order chi connectivity index (χ1) is 16.6. The number of likely N-dealkylation sites (N-methyl/N-ethyl adjacent to an activating group) is 2. The van der Waals surface area contributed by atoms with Gasteiger partial charge in [-0.1, -0.05) is 13.8 Å². The lowest BCUT2D eigenvalue weighted by atomic mass is 9.91. The van der Waals surface area contributed by atoms with Crippen LogP contribution >= 0.6 is 15.9 Å². The fraction of sp³-hybridized carbons (Fsp3) is 0.417. The van der Waals surface area contributed by atoms with E-state index in [2.05, 4.69) is 64.7 Å². The number of nitrogens with two attached hydrogens (primary N) is 1. The zero-order chi connectivity index (χ0) is 25.3. The number of nitrogens with one attached hydrogen (secondary N) is 1. The van der Waals surface area contributed by atoms with Crippen LogP contribution in [0.25, 0.3) is 0 Å². The second-order valence-corrected chi connectivity index (χ2v) is 10.4. The number of methoxy groups -OCH3 is 1. The highest BCUT2D eigenvalue weighted by Crippen LogP contribution is 2.43. The quantitative estimate of drug-likeness (QED) is 0.322. The van der Waals surface area contributed by atoms with Crippen molar-refractivity contribution in [3.8, 4) is 5.75 Å². The number of halogens is 1. The summed E-state index contributed by atoms with van der Waals surface area (Å²) >= 11 is 3.48. The Hall–Kier alpha value is -3.18. The molecule has 0 fully saturated rings. The van der Waals surface area contributed by atoms with E-state index in [9.17, 15) is 0 Å². The third kappa shape index (κ3) is 5.25. The first kappa shape index (κ1) is 24.9. The highest BCUT2D eigenvalue weighted by molar-refractivity contribution is 9.10. The number of nitrogen functional groups attached to an aromatic ring is 1. The van der Waals surface area contributed by atoms with Crippen LogP contribution in [-0.4, -0.2) is 72.7 Å². The summed E-state index contributed by atoms with van der Waals surface area (Å²) in [6.45, 7) is 6.78. The fourth-order valence-corrected chi connectivity index (χ4v) is 4.44. The number of pyridine rings is 1. The molecule has 3 N–H and O–H groups in total. The zero-order valence-corrected chi connectivity index (χ0v) is 22.6. The molecule has 1 aliphatic rings. The van der Waals surface area contributed by atoms with E-state index in [1.165, 1.54) is 6.33 Å². The van der Waals surface area contributed by atoms with Gasteiger partial charge in [0.05, 0.1) is 35.6 Å². The molecule has 3 heterocycles. The van der Waals surface area contributed by atoms with E-state index in [-0.39, 0.29) is 5.41 Å². The molecule has 0 aliphatic carbocycles. The number of fused-ring (bicyclic) bond motifs is 1. The van der Waals surface area contributed by atoms with Gasteiger partial charge in [-0.05, 0) is 48.2 Å². The Balaban J connectivity index is 1.61. The third-order valence-corrected chi connectivity index (χ3v) is 6.46. The number of rotatable bonds is 8. The van der Waals surface area contributed by atoms with Gasteiger partial charge < -0.3 is 30.5 Å². The van der Waals surface area contributed by atoms with E-state index < -0.39 is 0 Å². The van der Waals surface area contributed by atoms with Crippen molar-refractivity contribution in [3.05, 3.63) is 40.9 Å². The largest absolute Gasteiger partial charge is 0.494 e. The molecule has 0 saturated heterocycles. The standard InChI is InChI=1S/C24H32BrN9O/c1-24(2)13-34(17-7-8-20(25)30-21(17)24)23-28-14-27-22(31-23)29-16-11-15(26)18(12-19(16)35-6)33(5)10-9-32(3)4/h7-8,11-12,14H,9-10,13,26H2,1-6H3,(H,27,28,29,31). The highest BCUT2D eigenvalue weighted by atomic mass is 79.9. The van der Waals surface area contributed by atoms with E-state index in [0.29, 0.717) is 35.6 Å². The number of hydrogen-bond donors (Lipinski definition) is 2. The monoisotopic (exact) mass is 541 g/mol. The Kier molecular flexibility index (Phi) is 7.00. The van der Waals surface area contributed by atoms with Crippen molar-refractivity contribution in [2.45, 2.75) is 19.3 Å². The second kappa shape index (κ2) is 9.82. The lowest BCUT2D eigenvalue weighted by Gasteiger charge is -2.24. The van der Waals surface area contributed by atoms with Crippen molar-refractivity contribution in [2.24, 2.45) is 0 Å². The summed E-state index contributed by atoms with van der Waals surface area (Å²) in [4.78, 5) is 24.5. The molecular formula is C24H32BrN9O. The van der Waals surface area contributed by atoms with Gasteiger partial charge in [-0.3, -0.25) is 0 Å². The van der Waals surface area contributed by atoms with Crippen molar-refractivity contribution in [1.82, 2.24) is 24.8 Å². The van der Waals surface area contributed by atoms with Gasteiger partial charge in [0, 0.05) is 38.2 Å². The maximum absolute atomic E-state index is 6.41. The number of ether oxygens (including phenoxy) is 1. The minimum Gasteiger partial charge on any atom is -0.494 e. The lowest BCUT2D eigenvalue weighted by Crippen LogP contribution is -2.29. The van der Waals surface area contributed by atoms with Crippen LogP contribution in [0.4, 0.5) is 34.6 Å². The zero-order valence-electron chi connectivity index (χ0n) is 21.0. The van der Waals surface area contributed by atoms with Crippen molar-refractivity contribution in [2.75, 3.05) is 68.7 Å². The van der Waals surface area contributed by atoms with Gasteiger partial charge in [0.15, 0.2) is 0 Å². The summed E-state index contributed by atoms with van der Waals surface area (Å²) in [7, 11) is 7.74. The van der Waals surface area contributed by atoms with Crippen LogP contribution < -0.4 is 25.6 Å². The smallest absolute Gasteiger partial charge is 0.234 e. The molecule has 0 unspecified atom stereocenters. The SMILES string of the molecule is COc1cc(N(C)CCN(C)C)c(N)cc1Nc1ncnc(N2CC(C)(C)c3nc(Br)ccc32)n1. The van der Waals surface area contributed by atoms with Crippen molar-refractivity contribution in [3.63, 3.8) is 0 Å². The van der Waals surface area contributed by atoms with Crippen LogP contribution in [0, 0.1) is 0 Å². The van der Waals surface area contributed by atoms with Crippen LogP contribution in [0.15, 0.2) is 35.2 Å². The molecule has 2 aromatic heterocycles. The molecule has 0 amide bonds. The predicted octanol–water partition coefficient (Wildman–Crippen LogP) is 3.79. The second-order valence-electron chi connectivity index (χ2n) is 9.54. The molecule has 186 valence electrons. The Morgan fingerprint density at radius 3 is 2.63 bits per heavy atom. The normalized spacial score (nSPS) is 14.2. The van der Waals surface area contributed by atoms with Crippen molar-refractivity contribution in [1.29, 1.82) is 0 Å². The van der Waals surface area contributed by atoms with Gasteiger partial charge in [0.2, 0.25) is 11.9 Å². The predicted molar refractivity (Wildman–Crippen MR) is 144 cm³/mol. The van der Waals surface area contributed by atoms with Crippen LogP contribution in [0.5, 0.6) is 5.75 Å². The number of nitrogens with zero attached hydrogens (tertiary/aromatic N) is 7. The van der Waals surface area contributed by atoms with Gasteiger partial charge in [-0.15, -0.1) is 0 Å². The average molecular weight is 542 g/mol. The van der Waals surface area contributed by atoms with Gasteiger partial charge in [-0.25, -0.2) is 15.0 Å². The van der Waals surface area contributed by atoms with Gasteiger partial charge in [-0.2, -0.15) is 4.98 Å². The Morgan fingerprint density at radius 1 is 1.14 bits per heavy atom. The summed E-state index contributed by atoms with van der Waals surface area (Å²) in [6, 6.07) is 7.74. The van der Waals surface area contributed by atoms with Gasteiger partial charge in [0.25, 0.3) is 0 Å². The molecule has 0 saturated carbocycles. The molecule has 4 rings (SSSR count). The summed E-state index contributed by atoms with van der Waals surface area (Å²) in [5.41, 5.74) is 10.5. The van der Waals surface area contributed by atoms with Gasteiger partial charge >= 0.3 is 0 Å². The number of anilines is 6. The van der Waals surface area contributed by atoms with Crippen LogP contribution in [0.1, 0.15) is 19.5 Å².